The smallest absolute Gasteiger partial charge is 0.259 e. The highest BCUT2D eigenvalue weighted by atomic mass is 32.2. The second-order valence-electron chi connectivity index (χ2n) is 6.46. The first-order valence-electron chi connectivity index (χ1n) is 8.83. The number of sulfonamides is 2. The maximum Gasteiger partial charge on any atom is 0.259 e. The van der Waals surface area contributed by atoms with Crippen molar-refractivity contribution in [1.29, 1.82) is 0 Å². The number of fused-ring (bicyclic) bond motifs is 1. The zero-order chi connectivity index (χ0) is 20.5. The number of nitrogens with zero attached hydrogens (tertiary/aromatic N) is 4. The number of hydrogen-bond donors (Lipinski definition) is 2. The highest BCUT2D eigenvalue weighted by molar-refractivity contribution is 7.89. The number of piperidine rings is 1. The fraction of sp³-hybridized carbons (Fsp3) is 0.312. The molecule has 0 saturated carbocycles. The minimum atomic E-state index is -3.93. The van der Waals surface area contributed by atoms with Gasteiger partial charge in [0.15, 0.2) is 0 Å². The van der Waals surface area contributed by atoms with E-state index in [0.29, 0.717) is 18.6 Å². The van der Waals surface area contributed by atoms with Crippen molar-refractivity contribution in [3.63, 3.8) is 0 Å². The minimum Gasteiger partial charge on any atom is -0.292 e. The molecule has 0 bridgehead atoms. The maximum absolute atomic E-state index is 12.6. The van der Waals surface area contributed by atoms with Crippen molar-refractivity contribution in [2.45, 2.75) is 29.1 Å². The third-order valence-electron chi connectivity index (χ3n) is 4.54. The lowest BCUT2D eigenvalue weighted by atomic mass is 10.2. The standard InChI is InChI=1S/C16H18N6O4S3/c23-28(24,14-6-4-5-13-16(14)20-27-19-13)21-18-15-8-7-12(11-17-15)29(25,26)22-9-2-1-3-10-22/h4-8,11,21H,1-3,9-10H2,(H,17,18). The third-order valence-corrected chi connectivity index (χ3v) is 8.25. The second-order valence-corrected chi connectivity index (χ2v) is 10.6. The molecule has 13 heteroatoms. The van der Waals surface area contributed by atoms with Crippen LogP contribution in [0.25, 0.3) is 11.0 Å². The highest BCUT2D eigenvalue weighted by Gasteiger charge is 2.26. The van der Waals surface area contributed by atoms with E-state index in [0.717, 1.165) is 31.0 Å². The molecular weight excluding hydrogens is 436 g/mol. The van der Waals surface area contributed by atoms with Gasteiger partial charge in [0.05, 0.1) is 11.7 Å². The molecule has 4 rings (SSSR count). The third kappa shape index (κ3) is 4.09. The Morgan fingerprint density at radius 2 is 1.76 bits per heavy atom. The number of nitrogens with one attached hydrogen (secondary N) is 2. The number of hydrazine groups is 1. The summed E-state index contributed by atoms with van der Waals surface area (Å²) in [7, 11) is -7.53. The molecule has 2 aromatic heterocycles. The molecule has 29 heavy (non-hydrogen) atoms. The molecule has 3 aromatic rings. The van der Waals surface area contributed by atoms with Crippen LogP contribution < -0.4 is 10.3 Å². The van der Waals surface area contributed by atoms with Gasteiger partial charge in [-0.3, -0.25) is 5.43 Å². The van der Waals surface area contributed by atoms with E-state index in [1.165, 1.54) is 28.7 Å². The first-order chi connectivity index (χ1) is 13.9. The van der Waals surface area contributed by atoms with Crippen molar-refractivity contribution in [3.8, 4) is 0 Å². The Hall–Kier alpha value is -2.19. The normalized spacial score (nSPS) is 16.1. The van der Waals surface area contributed by atoms with E-state index in [9.17, 15) is 16.8 Å². The van der Waals surface area contributed by atoms with Crippen LogP contribution in [0.15, 0.2) is 46.3 Å². The Bertz CT molecular complexity index is 1220. The average Bonchev–Trinajstić information content (AvgIpc) is 3.22. The molecule has 10 nitrogen and oxygen atoms in total. The van der Waals surface area contributed by atoms with Crippen LogP contribution in [0.3, 0.4) is 0 Å². The summed E-state index contributed by atoms with van der Waals surface area (Å²) in [6.07, 6.45) is 3.92. The van der Waals surface area contributed by atoms with Gasteiger partial charge in [0.2, 0.25) is 10.0 Å². The van der Waals surface area contributed by atoms with Gasteiger partial charge < -0.3 is 0 Å². The van der Waals surface area contributed by atoms with Crippen LogP contribution in [0.2, 0.25) is 0 Å². The Balaban J connectivity index is 1.48. The van der Waals surface area contributed by atoms with Crippen molar-refractivity contribution in [3.05, 3.63) is 36.5 Å². The quantitative estimate of drug-likeness (QED) is 0.536. The Morgan fingerprint density at radius 1 is 0.966 bits per heavy atom. The van der Waals surface area contributed by atoms with Gasteiger partial charge in [-0.2, -0.15) is 13.1 Å². The molecule has 0 atom stereocenters. The van der Waals surface area contributed by atoms with E-state index < -0.39 is 20.0 Å². The minimum absolute atomic E-state index is 0.0134. The molecular formula is C16H18N6O4S3. The Labute approximate surface area is 172 Å². The molecule has 154 valence electrons. The number of benzene rings is 1. The number of pyridine rings is 1. The van der Waals surface area contributed by atoms with Gasteiger partial charge in [-0.15, -0.1) is 4.83 Å². The zero-order valence-electron chi connectivity index (χ0n) is 15.1. The summed E-state index contributed by atoms with van der Waals surface area (Å²) in [6, 6.07) is 7.49. The summed E-state index contributed by atoms with van der Waals surface area (Å²) in [5.41, 5.74) is 3.27. The van der Waals surface area contributed by atoms with E-state index in [2.05, 4.69) is 24.0 Å². The van der Waals surface area contributed by atoms with Crippen LogP contribution in [0.4, 0.5) is 5.82 Å². The van der Waals surface area contributed by atoms with Crippen molar-refractivity contribution >= 4 is 48.6 Å². The summed E-state index contributed by atoms with van der Waals surface area (Å²) >= 11 is 0.927. The van der Waals surface area contributed by atoms with E-state index in [4.69, 9.17) is 0 Å². The first kappa shape index (κ1) is 20.1. The van der Waals surface area contributed by atoms with Crippen molar-refractivity contribution in [2.75, 3.05) is 18.5 Å². The summed E-state index contributed by atoms with van der Waals surface area (Å²) in [6.45, 7) is 0.998. The van der Waals surface area contributed by atoms with Crippen molar-refractivity contribution < 1.29 is 16.8 Å². The Kier molecular flexibility index (Phi) is 5.48. The van der Waals surface area contributed by atoms with E-state index in [-0.39, 0.29) is 21.1 Å². The lowest BCUT2D eigenvalue weighted by molar-refractivity contribution is 0.346. The van der Waals surface area contributed by atoms with E-state index in [1.807, 2.05) is 0 Å². The highest BCUT2D eigenvalue weighted by Crippen LogP contribution is 2.22. The van der Waals surface area contributed by atoms with Gasteiger partial charge in [-0.1, -0.05) is 12.5 Å². The molecule has 0 spiro atoms. The average molecular weight is 455 g/mol. The van der Waals surface area contributed by atoms with Crippen LogP contribution in [0, 0.1) is 0 Å². The van der Waals surface area contributed by atoms with Crippen LogP contribution in [0.5, 0.6) is 0 Å². The summed E-state index contributed by atoms with van der Waals surface area (Å²) in [5, 5.41) is 0. The van der Waals surface area contributed by atoms with Gasteiger partial charge in [-0.25, -0.2) is 21.8 Å². The number of rotatable bonds is 6. The Morgan fingerprint density at radius 3 is 2.48 bits per heavy atom. The molecule has 1 aliphatic heterocycles. The molecule has 2 N–H and O–H groups in total. The van der Waals surface area contributed by atoms with Crippen molar-refractivity contribution in [2.24, 2.45) is 0 Å². The molecule has 3 heterocycles. The zero-order valence-corrected chi connectivity index (χ0v) is 17.6. The largest absolute Gasteiger partial charge is 0.292 e. The predicted molar refractivity (Wildman–Crippen MR) is 108 cm³/mol. The van der Waals surface area contributed by atoms with Crippen LogP contribution in [0.1, 0.15) is 19.3 Å². The molecule has 0 amide bonds. The fourth-order valence-corrected chi connectivity index (χ4v) is 6.12. The van der Waals surface area contributed by atoms with Crippen LogP contribution in [-0.2, 0) is 20.0 Å². The molecule has 0 unspecified atom stereocenters. The molecule has 0 radical (unpaired) electrons. The summed E-state index contributed by atoms with van der Waals surface area (Å²) < 4.78 is 59.9. The van der Waals surface area contributed by atoms with Gasteiger partial charge in [0.25, 0.3) is 10.0 Å². The monoisotopic (exact) mass is 454 g/mol. The van der Waals surface area contributed by atoms with Gasteiger partial charge in [0.1, 0.15) is 26.6 Å². The summed E-state index contributed by atoms with van der Waals surface area (Å²) in [5.74, 6) is 0.162. The molecule has 1 aliphatic rings. The topological polar surface area (TPSA) is 134 Å². The molecule has 1 saturated heterocycles. The van der Waals surface area contributed by atoms with Crippen molar-refractivity contribution in [1.82, 2.24) is 22.9 Å². The number of hydrogen-bond acceptors (Lipinski definition) is 9. The molecule has 1 aromatic carbocycles. The second kappa shape index (κ2) is 7.91. The summed E-state index contributed by atoms with van der Waals surface area (Å²) in [4.78, 5) is 6.31. The van der Waals surface area contributed by atoms with E-state index in [1.54, 1.807) is 12.1 Å². The number of aromatic nitrogens is 3. The lowest BCUT2D eigenvalue weighted by Crippen LogP contribution is -2.35. The molecule has 1 fully saturated rings. The van der Waals surface area contributed by atoms with Gasteiger partial charge in [-0.05, 0) is 37.1 Å². The lowest BCUT2D eigenvalue weighted by Gasteiger charge is -2.25. The number of anilines is 1. The SMILES string of the molecule is O=S(=O)(NNc1ccc(S(=O)(=O)N2CCCCC2)cn1)c1cccc2nsnc12. The first-order valence-corrected chi connectivity index (χ1v) is 12.5. The van der Waals surface area contributed by atoms with Gasteiger partial charge >= 0.3 is 0 Å². The maximum atomic E-state index is 12.6. The fourth-order valence-electron chi connectivity index (χ4n) is 3.03. The predicted octanol–water partition coefficient (Wildman–Crippen LogP) is 1.57. The van der Waals surface area contributed by atoms with Crippen LogP contribution in [-0.4, -0.2) is 48.0 Å². The van der Waals surface area contributed by atoms with Gasteiger partial charge in [0, 0.05) is 19.3 Å². The molecule has 0 aliphatic carbocycles. The van der Waals surface area contributed by atoms with E-state index >= 15 is 0 Å². The van der Waals surface area contributed by atoms with Crippen LogP contribution >= 0.6 is 11.7 Å².